The first-order chi connectivity index (χ1) is 10.1. The van der Waals surface area contributed by atoms with Crippen LogP contribution in [0.25, 0.3) is 0 Å². The van der Waals surface area contributed by atoms with Crippen LogP contribution in [0.15, 0.2) is 0 Å². The van der Waals surface area contributed by atoms with E-state index in [0.717, 1.165) is 32.1 Å². The number of likely N-dealkylation sites (tertiary alicyclic amines) is 1. The summed E-state index contributed by atoms with van der Waals surface area (Å²) in [5.74, 6) is 0.395. The maximum atomic E-state index is 12.4. The van der Waals surface area contributed by atoms with E-state index in [9.17, 15) is 9.59 Å². The number of carbonyl (C=O) groups is 2. The van der Waals surface area contributed by atoms with Crippen LogP contribution >= 0.6 is 0 Å². The Morgan fingerprint density at radius 2 is 2.10 bits per heavy atom. The van der Waals surface area contributed by atoms with E-state index < -0.39 is 0 Å². The molecule has 1 heterocycles. The minimum absolute atomic E-state index is 0.0437. The average molecular weight is 295 g/mol. The Morgan fingerprint density at radius 3 is 2.71 bits per heavy atom. The van der Waals surface area contributed by atoms with E-state index in [-0.39, 0.29) is 29.8 Å². The lowest BCUT2D eigenvalue weighted by molar-refractivity contribution is -0.130. The van der Waals surface area contributed by atoms with Gasteiger partial charge in [0, 0.05) is 25.0 Å². The SMILES string of the molecule is CCC(CC)N1CC(C(=O)NC2CCCC2CN)CC1=O. The second kappa shape index (κ2) is 7.25. The van der Waals surface area contributed by atoms with E-state index in [0.29, 0.717) is 25.4 Å². The summed E-state index contributed by atoms with van der Waals surface area (Å²) in [4.78, 5) is 26.5. The molecule has 0 aromatic heterocycles. The van der Waals surface area contributed by atoms with Crippen LogP contribution in [0.4, 0.5) is 0 Å². The van der Waals surface area contributed by atoms with Crippen molar-refractivity contribution < 1.29 is 9.59 Å². The molecule has 0 aromatic carbocycles. The fourth-order valence-corrected chi connectivity index (χ4v) is 3.80. The lowest BCUT2D eigenvalue weighted by atomic mass is 10.0. The third-order valence-corrected chi connectivity index (χ3v) is 5.20. The van der Waals surface area contributed by atoms with Gasteiger partial charge in [-0.25, -0.2) is 0 Å². The van der Waals surface area contributed by atoms with Crippen molar-refractivity contribution in [3.63, 3.8) is 0 Å². The highest BCUT2D eigenvalue weighted by Gasteiger charge is 2.38. The predicted molar refractivity (Wildman–Crippen MR) is 82.5 cm³/mol. The first-order valence-corrected chi connectivity index (χ1v) is 8.40. The summed E-state index contributed by atoms with van der Waals surface area (Å²) in [5.41, 5.74) is 5.76. The standard InChI is InChI=1S/C16H29N3O2/c1-3-13(4-2)19-10-12(8-15(19)20)16(21)18-14-7-5-6-11(14)9-17/h11-14H,3-10,17H2,1-2H3,(H,18,21). The molecule has 2 rings (SSSR count). The number of rotatable bonds is 6. The number of nitrogens with two attached hydrogens (primary N) is 1. The molecule has 1 saturated heterocycles. The van der Waals surface area contributed by atoms with Crippen LogP contribution in [-0.4, -0.2) is 41.9 Å². The van der Waals surface area contributed by atoms with Gasteiger partial charge in [-0.1, -0.05) is 20.3 Å². The Hall–Kier alpha value is -1.10. The van der Waals surface area contributed by atoms with Crippen molar-refractivity contribution >= 4 is 11.8 Å². The molecule has 0 spiro atoms. The second-order valence-corrected chi connectivity index (χ2v) is 6.46. The third kappa shape index (κ3) is 3.57. The van der Waals surface area contributed by atoms with Gasteiger partial charge in [-0.05, 0) is 38.1 Å². The number of hydrogen-bond acceptors (Lipinski definition) is 3. The Morgan fingerprint density at radius 1 is 1.38 bits per heavy atom. The highest BCUT2D eigenvalue weighted by atomic mass is 16.2. The van der Waals surface area contributed by atoms with Gasteiger partial charge >= 0.3 is 0 Å². The molecule has 0 bridgehead atoms. The topological polar surface area (TPSA) is 75.4 Å². The van der Waals surface area contributed by atoms with Gasteiger partial charge in [0.25, 0.3) is 0 Å². The number of carbonyl (C=O) groups excluding carboxylic acids is 2. The van der Waals surface area contributed by atoms with E-state index >= 15 is 0 Å². The lowest BCUT2D eigenvalue weighted by Gasteiger charge is -2.26. The van der Waals surface area contributed by atoms with Gasteiger partial charge in [0.2, 0.25) is 11.8 Å². The molecule has 1 aliphatic heterocycles. The molecule has 5 heteroatoms. The molecule has 2 aliphatic rings. The summed E-state index contributed by atoms with van der Waals surface area (Å²) in [6, 6.07) is 0.485. The minimum Gasteiger partial charge on any atom is -0.353 e. The third-order valence-electron chi connectivity index (χ3n) is 5.20. The summed E-state index contributed by atoms with van der Waals surface area (Å²) < 4.78 is 0. The van der Waals surface area contributed by atoms with Crippen molar-refractivity contribution in [2.45, 2.75) is 64.5 Å². The molecule has 21 heavy (non-hydrogen) atoms. The summed E-state index contributed by atoms with van der Waals surface area (Å²) in [6.07, 6.45) is 5.52. The van der Waals surface area contributed by atoms with Crippen molar-refractivity contribution in [2.24, 2.45) is 17.6 Å². The zero-order valence-corrected chi connectivity index (χ0v) is 13.3. The maximum Gasteiger partial charge on any atom is 0.225 e. The van der Waals surface area contributed by atoms with Crippen LogP contribution in [0.2, 0.25) is 0 Å². The molecule has 120 valence electrons. The summed E-state index contributed by atoms with van der Waals surface area (Å²) in [7, 11) is 0. The minimum atomic E-state index is -0.183. The molecule has 2 fully saturated rings. The normalized spacial score (nSPS) is 29.4. The first kappa shape index (κ1) is 16.3. The predicted octanol–water partition coefficient (Wildman–Crippen LogP) is 1.27. The summed E-state index contributed by atoms with van der Waals surface area (Å²) in [6.45, 7) is 5.41. The number of hydrogen-bond donors (Lipinski definition) is 2. The van der Waals surface area contributed by atoms with E-state index in [1.54, 1.807) is 0 Å². The first-order valence-electron chi connectivity index (χ1n) is 8.40. The zero-order valence-electron chi connectivity index (χ0n) is 13.3. The maximum absolute atomic E-state index is 12.4. The number of amides is 2. The highest BCUT2D eigenvalue weighted by Crippen LogP contribution is 2.27. The van der Waals surface area contributed by atoms with Gasteiger partial charge < -0.3 is 16.0 Å². The van der Waals surface area contributed by atoms with Gasteiger partial charge in [0.1, 0.15) is 0 Å². The quantitative estimate of drug-likeness (QED) is 0.775. The van der Waals surface area contributed by atoms with Crippen LogP contribution < -0.4 is 11.1 Å². The molecular formula is C16H29N3O2. The molecular weight excluding hydrogens is 266 g/mol. The smallest absolute Gasteiger partial charge is 0.225 e. The Bertz CT molecular complexity index is 382. The van der Waals surface area contributed by atoms with Crippen LogP contribution in [0.3, 0.4) is 0 Å². The van der Waals surface area contributed by atoms with Crippen molar-refractivity contribution in [1.29, 1.82) is 0 Å². The van der Waals surface area contributed by atoms with Gasteiger partial charge in [0.05, 0.1) is 5.92 Å². The largest absolute Gasteiger partial charge is 0.353 e. The van der Waals surface area contributed by atoms with E-state index in [1.807, 2.05) is 4.90 Å². The van der Waals surface area contributed by atoms with Crippen molar-refractivity contribution in [3.05, 3.63) is 0 Å². The number of nitrogens with zero attached hydrogens (tertiary/aromatic N) is 1. The van der Waals surface area contributed by atoms with E-state index in [4.69, 9.17) is 5.73 Å². The van der Waals surface area contributed by atoms with E-state index in [2.05, 4.69) is 19.2 Å². The van der Waals surface area contributed by atoms with Gasteiger partial charge in [0.15, 0.2) is 0 Å². The summed E-state index contributed by atoms with van der Waals surface area (Å²) >= 11 is 0. The van der Waals surface area contributed by atoms with Crippen molar-refractivity contribution in [2.75, 3.05) is 13.1 Å². The molecule has 2 amide bonds. The van der Waals surface area contributed by atoms with Crippen LogP contribution in [0.5, 0.6) is 0 Å². The fraction of sp³-hybridized carbons (Fsp3) is 0.875. The van der Waals surface area contributed by atoms with Gasteiger partial charge in [-0.15, -0.1) is 0 Å². The Kier molecular flexibility index (Phi) is 5.62. The Balaban J connectivity index is 1.91. The number of nitrogens with one attached hydrogen (secondary N) is 1. The molecule has 0 aromatic rings. The monoisotopic (exact) mass is 295 g/mol. The van der Waals surface area contributed by atoms with Crippen LogP contribution in [0, 0.1) is 11.8 Å². The zero-order chi connectivity index (χ0) is 15.4. The van der Waals surface area contributed by atoms with Crippen molar-refractivity contribution in [3.8, 4) is 0 Å². The van der Waals surface area contributed by atoms with E-state index in [1.165, 1.54) is 0 Å². The van der Waals surface area contributed by atoms with Crippen LogP contribution in [-0.2, 0) is 9.59 Å². The molecule has 3 atom stereocenters. The van der Waals surface area contributed by atoms with Gasteiger partial charge in [-0.3, -0.25) is 9.59 Å². The highest BCUT2D eigenvalue weighted by molar-refractivity contribution is 5.89. The van der Waals surface area contributed by atoms with Gasteiger partial charge in [-0.2, -0.15) is 0 Å². The molecule has 3 N–H and O–H groups in total. The fourth-order valence-electron chi connectivity index (χ4n) is 3.80. The Labute approximate surface area is 127 Å². The average Bonchev–Trinajstić information content (AvgIpc) is 3.07. The second-order valence-electron chi connectivity index (χ2n) is 6.46. The molecule has 1 aliphatic carbocycles. The van der Waals surface area contributed by atoms with Crippen molar-refractivity contribution in [1.82, 2.24) is 10.2 Å². The van der Waals surface area contributed by atoms with Crippen LogP contribution in [0.1, 0.15) is 52.4 Å². The molecule has 1 saturated carbocycles. The lowest BCUT2D eigenvalue weighted by Crippen LogP contribution is -2.43. The summed E-state index contributed by atoms with van der Waals surface area (Å²) in [5, 5.41) is 3.14. The molecule has 3 unspecified atom stereocenters. The molecule has 0 radical (unpaired) electrons. The molecule has 5 nitrogen and oxygen atoms in total.